The molecule has 1 aromatic carbocycles. The maximum atomic E-state index is 12.4. The minimum absolute atomic E-state index is 0.0797. The fourth-order valence-electron chi connectivity index (χ4n) is 1.93. The second-order valence-electron chi connectivity index (χ2n) is 4.24. The standard InChI is InChI=1S/C13H18ClN3O2/c1-3-13(4-2,11(15)17-19)12(18)16-10-7-5-9(14)6-8-10/h5-8,19H,3-4H2,1-2H3,(H2,15,17)(H,16,18). The first-order valence-corrected chi connectivity index (χ1v) is 6.43. The molecule has 19 heavy (non-hydrogen) atoms. The van der Waals surface area contributed by atoms with Crippen molar-refractivity contribution in [1.82, 2.24) is 0 Å². The van der Waals surface area contributed by atoms with Gasteiger partial charge in [0.25, 0.3) is 0 Å². The lowest BCUT2D eigenvalue weighted by atomic mass is 9.80. The van der Waals surface area contributed by atoms with E-state index in [2.05, 4.69) is 10.5 Å². The molecule has 0 spiro atoms. The Bertz CT molecular complexity index is 467. The first-order chi connectivity index (χ1) is 9.00. The molecule has 0 heterocycles. The second kappa shape index (κ2) is 6.43. The number of amides is 1. The summed E-state index contributed by atoms with van der Waals surface area (Å²) in [6.45, 7) is 3.64. The molecule has 0 radical (unpaired) electrons. The van der Waals surface area contributed by atoms with Gasteiger partial charge < -0.3 is 16.3 Å². The zero-order valence-electron chi connectivity index (χ0n) is 11.0. The predicted octanol–water partition coefficient (Wildman–Crippen LogP) is 2.83. The summed E-state index contributed by atoms with van der Waals surface area (Å²) < 4.78 is 0. The van der Waals surface area contributed by atoms with Crippen LogP contribution < -0.4 is 11.1 Å². The SMILES string of the molecule is CCC(CC)(C(=O)Nc1ccc(Cl)cc1)C(N)=NO. The van der Waals surface area contributed by atoms with E-state index in [4.69, 9.17) is 22.5 Å². The maximum absolute atomic E-state index is 12.4. The van der Waals surface area contributed by atoms with E-state index in [0.717, 1.165) is 0 Å². The van der Waals surface area contributed by atoms with Crippen LogP contribution in [0.3, 0.4) is 0 Å². The Kier molecular flexibility index (Phi) is 5.18. The number of carbonyl (C=O) groups is 1. The summed E-state index contributed by atoms with van der Waals surface area (Å²) in [6, 6.07) is 6.76. The zero-order chi connectivity index (χ0) is 14.5. The van der Waals surface area contributed by atoms with Gasteiger partial charge in [-0.05, 0) is 37.1 Å². The van der Waals surface area contributed by atoms with Crippen molar-refractivity contribution < 1.29 is 10.0 Å². The Morgan fingerprint density at radius 2 is 1.89 bits per heavy atom. The lowest BCUT2D eigenvalue weighted by Crippen LogP contribution is -2.46. The van der Waals surface area contributed by atoms with E-state index in [-0.39, 0.29) is 11.7 Å². The molecule has 0 unspecified atom stereocenters. The van der Waals surface area contributed by atoms with E-state index >= 15 is 0 Å². The van der Waals surface area contributed by atoms with Gasteiger partial charge in [0, 0.05) is 10.7 Å². The molecule has 0 saturated heterocycles. The highest BCUT2D eigenvalue weighted by atomic mass is 35.5. The van der Waals surface area contributed by atoms with Crippen molar-refractivity contribution >= 4 is 29.0 Å². The molecule has 1 aromatic rings. The fourth-order valence-corrected chi connectivity index (χ4v) is 2.06. The molecule has 5 nitrogen and oxygen atoms in total. The normalized spacial score (nSPS) is 12.3. The van der Waals surface area contributed by atoms with Gasteiger partial charge in [0.1, 0.15) is 5.41 Å². The van der Waals surface area contributed by atoms with Crippen molar-refractivity contribution in [2.24, 2.45) is 16.3 Å². The second-order valence-corrected chi connectivity index (χ2v) is 4.67. The van der Waals surface area contributed by atoms with E-state index in [0.29, 0.717) is 23.6 Å². The molecule has 0 aromatic heterocycles. The Labute approximate surface area is 117 Å². The van der Waals surface area contributed by atoms with Gasteiger partial charge in [-0.1, -0.05) is 30.6 Å². The zero-order valence-corrected chi connectivity index (χ0v) is 11.7. The molecule has 6 heteroatoms. The number of nitrogens with zero attached hydrogens (tertiary/aromatic N) is 1. The molecule has 4 N–H and O–H groups in total. The summed E-state index contributed by atoms with van der Waals surface area (Å²) >= 11 is 5.78. The first-order valence-electron chi connectivity index (χ1n) is 6.05. The van der Waals surface area contributed by atoms with Crippen molar-refractivity contribution in [3.05, 3.63) is 29.3 Å². The molecule has 104 valence electrons. The number of hydrogen-bond donors (Lipinski definition) is 3. The number of hydrogen-bond acceptors (Lipinski definition) is 3. The van der Waals surface area contributed by atoms with E-state index < -0.39 is 5.41 Å². The van der Waals surface area contributed by atoms with Gasteiger partial charge in [0.05, 0.1) is 0 Å². The minimum atomic E-state index is -1.01. The van der Waals surface area contributed by atoms with Gasteiger partial charge in [-0.3, -0.25) is 4.79 Å². The van der Waals surface area contributed by atoms with E-state index in [1.165, 1.54) is 0 Å². The highest BCUT2D eigenvalue weighted by molar-refractivity contribution is 6.30. The Balaban J connectivity index is 2.98. The fraction of sp³-hybridized carbons (Fsp3) is 0.385. The molecular formula is C13H18ClN3O2. The van der Waals surface area contributed by atoms with Gasteiger partial charge in [-0.2, -0.15) is 0 Å². The molecule has 1 amide bonds. The van der Waals surface area contributed by atoms with Crippen molar-refractivity contribution in [3.8, 4) is 0 Å². The van der Waals surface area contributed by atoms with E-state index in [9.17, 15) is 4.79 Å². The van der Waals surface area contributed by atoms with Crippen LogP contribution >= 0.6 is 11.6 Å². The lowest BCUT2D eigenvalue weighted by molar-refractivity contribution is -0.122. The summed E-state index contributed by atoms with van der Waals surface area (Å²) in [5, 5.41) is 15.2. The summed E-state index contributed by atoms with van der Waals surface area (Å²) in [7, 11) is 0. The number of anilines is 1. The number of carbonyl (C=O) groups excluding carboxylic acids is 1. The van der Waals surface area contributed by atoms with Crippen molar-refractivity contribution in [3.63, 3.8) is 0 Å². The number of oxime groups is 1. The van der Waals surface area contributed by atoms with Gasteiger partial charge in [-0.25, -0.2) is 0 Å². The van der Waals surface area contributed by atoms with Crippen LogP contribution in [0, 0.1) is 5.41 Å². The first kappa shape index (κ1) is 15.3. The van der Waals surface area contributed by atoms with Crippen LogP contribution in [0.4, 0.5) is 5.69 Å². The number of nitrogens with two attached hydrogens (primary N) is 1. The van der Waals surface area contributed by atoms with Crippen LogP contribution in [0.15, 0.2) is 29.4 Å². The van der Waals surface area contributed by atoms with Crippen molar-refractivity contribution in [1.29, 1.82) is 0 Å². The van der Waals surface area contributed by atoms with Gasteiger partial charge in [0.2, 0.25) is 5.91 Å². The van der Waals surface area contributed by atoms with E-state index in [1.807, 2.05) is 13.8 Å². The van der Waals surface area contributed by atoms with Crippen LogP contribution in [0.25, 0.3) is 0 Å². The average Bonchev–Trinajstić information content (AvgIpc) is 2.43. The number of amidine groups is 1. The maximum Gasteiger partial charge on any atom is 0.238 e. The Hall–Kier alpha value is -1.75. The van der Waals surface area contributed by atoms with Crippen LogP contribution in [0.2, 0.25) is 5.02 Å². The van der Waals surface area contributed by atoms with Crippen molar-refractivity contribution in [2.45, 2.75) is 26.7 Å². The van der Waals surface area contributed by atoms with Crippen molar-refractivity contribution in [2.75, 3.05) is 5.32 Å². The quantitative estimate of drug-likeness (QED) is 0.336. The van der Waals surface area contributed by atoms with Crippen LogP contribution in [-0.2, 0) is 4.79 Å². The molecule has 0 fully saturated rings. The number of rotatable bonds is 5. The summed E-state index contributed by atoms with van der Waals surface area (Å²) in [4.78, 5) is 12.4. The van der Waals surface area contributed by atoms with Gasteiger partial charge in [0.15, 0.2) is 5.84 Å². The molecular weight excluding hydrogens is 266 g/mol. The number of halogens is 1. The third-order valence-electron chi connectivity index (χ3n) is 3.34. The van der Waals surface area contributed by atoms with Crippen LogP contribution in [0.1, 0.15) is 26.7 Å². The highest BCUT2D eigenvalue weighted by Crippen LogP contribution is 2.29. The monoisotopic (exact) mass is 283 g/mol. The minimum Gasteiger partial charge on any atom is -0.409 e. The molecule has 0 atom stereocenters. The summed E-state index contributed by atoms with van der Waals surface area (Å²) in [6.07, 6.45) is 0.887. The largest absolute Gasteiger partial charge is 0.409 e. The molecule has 0 bridgehead atoms. The molecule has 0 aliphatic rings. The van der Waals surface area contributed by atoms with Crippen LogP contribution in [-0.4, -0.2) is 17.0 Å². The van der Waals surface area contributed by atoms with E-state index in [1.54, 1.807) is 24.3 Å². The topological polar surface area (TPSA) is 87.7 Å². The number of benzene rings is 1. The Morgan fingerprint density at radius 1 is 1.37 bits per heavy atom. The summed E-state index contributed by atoms with van der Waals surface area (Å²) in [5.74, 6) is -0.376. The van der Waals surface area contributed by atoms with Gasteiger partial charge in [-0.15, -0.1) is 0 Å². The third kappa shape index (κ3) is 3.17. The molecule has 0 saturated carbocycles. The molecule has 1 rings (SSSR count). The number of nitrogens with one attached hydrogen (secondary N) is 1. The highest BCUT2D eigenvalue weighted by Gasteiger charge is 2.39. The summed E-state index contributed by atoms with van der Waals surface area (Å²) in [5.41, 5.74) is 5.28. The average molecular weight is 284 g/mol. The molecule has 0 aliphatic carbocycles. The van der Waals surface area contributed by atoms with Gasteiger partial charge >= 0.3 is 0 Å². The predicted molar refractivity (Wildman–Crippen MR) is 76.5 cm³/mol. The lowest BCUT2D eigenvalue weighted by Gasteiger charge is -2.28. The Morgan fingerprint density at radius 3 is 2.32 bits per heavy atom. The van der Waals surface area contributed by atoms with Crippen LogP contribution in [0.5, 0.6) is 0 Å². The molecule has 0 aliphatic heterocycles. The third-order valence-corrected chi connectivity index (χ3v) is 3.59. The smallest absolute Gasteiger partial charge is 0.238 e.